The van der Waals surface area contributed by atoms with Crippen molar-refractivity contribution < 1.29 is 9.53 Å². The van der Waals surface area contributed by atoms with Gasteiger partial charge in [0.25, 0.3) is 0 Å². The van der Waals surface area contributed by atoms with Crippen molar-refractivity contribution >= 4 is 34.3 Å². The number of nitrogens with one attached hydrogen (secondary N) is 1. The third kappa shape index (κ3) is 4.77. The summed E-state index contributed by atoms with van der Waals surface area (Å²) in [5.74, 6) is -0.333. The molecule has 33 heavy (non-hydrogen) atoms. The lowest BCUT2D eigenvalue weighted by Gasteiger charge is -2.29. The van der Waals surface area contributed by atoms with Gasteiger partial charge in [-0.1, -0.05) is 36.4 Å². The Morgan fingerprint density at radius 1 is 1.30 bits per heavy atom. The fourth-order valence-electron chi connectivity index (χ4n) is 4.78. The van der Waals surface area contributed by atoms with Crippen LogP contribution in [0.1, 0.15) is 39.7 Å². The third-order valence-corrected chi connectivity index (χ3v) is 7.20. The highest BCUT2D eigenvalue weighted by molar-refractivity contribution is 7.09. The molecule has 5 nitrogen and oxygen atoms in total. The zero-order chi connectivity index (χ0) is 22.6. The molecular formula is C27H27N3O2S. The van der Waals surface area contributed by atoms with Crippen molar-refractivity contribution in [1.29, 1.82) is 0 Å². The SMILES string of the molecule is COC(=O)/C=C/c1ccc2c(c1)CCC2N(CCc1c[nH]c2ccccc12)Cc1nccs1. The Morgan fingerprint density at radius 2 is 2.21 bits per heavy atom. The van der Waals surface area contributed by atoms with Crippen molar-refractivity contribution in [2.24, 2.45) is 0 Å². The summed E-state index contributed by atoms with van der Waals surface area (Å²) >= 11 is 1.72. The van der Waals surface area contributed by atoms with Crippen molar-refractivity contribution in [2.45, 2.75) is 31.8 Å². The Kier molecular flexibility index (Phi) is 6.37. The summed E-state index contributed by atoms with van der Waals surface area (Å²) in [6, 6.07) is 15.4. The van der Waals surface area contributed by atoms with E-state index in [2.05, 4.69) is 68.9 Å². The monoisotopic (exact) mass is 457 g/mol. The number of aromatic nitrogens is 2. The minimum absolute atomic E-state index is 0.333. The lowest BCUT2D eigenvalue weighted by molar-refractivity contribution is -0.134. The summed E-state index contributed by atoms with van der Waals surface area (Å²) in [5, 5.41) is 4.51. The molecule has 0 aliphatic heterocycles. The van der Waals surface area contributed by atoms with Crippen LogP contribution in [0.4, 0.5) is 0 Å². The van der Waals surface area contributed by atoms with Crippen LogP contribution in [-0.2, 0) is 28.9 Å². The smallest absolute Gasteiger partial charge is 0.330 e. The number of benzene rings is 2. The van der Waals surface area contributed by atoms with Crippen LogP contribution in [0.2, 0.25) is 0 Å². The summed E-state index contributed by atoms with van der Waals surface area (Å²) in [4.78, 5) is 22.0. The number of carbonyl (C=O) groups excluding carboxylic acids is 1. The third-order valence-electron chi connectivity index (χ3n) is 6.43. The number of H-pyrrole nitrogens is 1. The molecule has 5 rings (SSSR count). The molecule has 6 heteroatoms. The summed E-state index contributed by atoms with van der Waals surface area (Å²) < 4.78 is 4.71. The number of rotatable bonds is 8. The van der Waals surface area contributed by atoms with E-state index in [0.717, 1.165) is 42.9 Å². The average molecular weight is 458 g/mol. The predicted molar refractivity (Wildman–Crippen MR) is 133 cm³/mol. The lowest BCUT2D eigenvalue weighted by atomic mass is 10.0. The first-order valence-corrected chi connectivity index (χ1v) is 12.2. The minimum atomic E-state index is -0.333. The van der Waals surface area contributed by atoms with E-state index in [0.29, 0.717) is 6.04 Å². The topological polar surface area (TPSA) is 58.2 Å². The maximum atomic E-state index is 11.4. The Labute approximate surface area is 197 Å². The van der Waals surface area contributed by atoms with Gasteiger partial charge in [-0.2, -0.15) is 0 Å². The van der Waals surface area contributed by atoms with E-state index >= 15 is 0 Å². The number of para-hydroxylation sites is 1. The number of fused-ring (bicyclic) bond motifs is 2. The Morgan fingerprint density at radius 3 is 3.06 bits per heavy atom. The van der Waals surface area contributed by atoms with Crippen molar-refractivity contribution in [1.82, 2.24) is 14.9 Å². The van der Waals surface area contributed by atoms with Crippen molar-refractivity contribution in [3.8, 4) is 0 Å². The number of hydrogen-bond acceptors (Lipinski definition) is 5. The molecule has 2 aromatic carbocycles. The van der Waals surface area contributed by atoms with E-state index in [-0.39, 0.29) is 5.97 Å². The van der Waals surface area contributed by atoms with Gasteiger partial charge in [0.2, 0.25) is 0 Å². The van der Waals surface area contributed by atoms with Gasteiger partial charge in [-0.3, -0.25) is 4.90 Å². The van der Waals surface area contributed by atoms with Gasteiger partial charge in [-0.15, -0.1) is 11.3 Å². The normalized spacial score (nSPS) is 15.5. The van der Waals surface area contributed by atoms with Crippen LogP contribution in [0.15, 0.2) is 66.3 Å². The Bertz CT molecular complexity index is 1280. The van der Waals surface area contributed by atoms with E-state index in [9.17, 15) is 4.79 Å². The molecule has 0 saturated carbocycles. The minimum Gasteiger partial charge on any atom is -0.466 e. The van der Waals surface area contributed by atoms with Crippen LogP contribution < -0.4 is 0 Å². The summed E-state index contributed by atoms with van der Waals surface area (Å²) in [7, 11) is 1.40. The first-order chi connectivity index (χ1) is 16.2. The molecule has 1 aliphatic carbocycles. The van der Waals surface area contributed by atoms with Gasteiger partial charge in [0.15, 0.2) is 0 Å². The quantitative estimate of drug-likeness (QED) is 0.279. The maximum absolute atomic E-state index is 11.4. The molecule has 4 aromatic rings. The molecule has 2 aromatic heterocycles. The second-order valence-electron chi connectivity index (χ2n) is 8.38. The second kappa shape index (κ2) is 9.73. The number of esters is 1. The molecule has 0 saturated heterocycles. The van der Waals surface area contributed by atoms with Crippen LogP contribution in [0.5, 0.6) is 0 Å². The molecular weight excluding hydrogens is 430 g/mol. The zero-order valence-electron chi connectivity index (χ0n) is 18.7. The van der Waals surface area contributed by atoms with E-state index in [1.807, 2.05) is 12.3 Å². The Balaban J connectivity index is 1.37. The zero-order valence-corrected chi connectivity index (χ0v) is 19.5. The number of hydrogen-bond donors (Lipinski definition) is 1. The number of aryl methyl sites for hydroxylation is 1. The van der Waals surface area contributed by atoms with Gasteiger partial charge in [0.05, 0.1) is 13.7 Å². The molecule has 1 unspecified atom stereocenters. The summed E-state index contributed by atoms with van der Waals surface area (Å²) in [5.41, 5.74) is 6.34. The molecule has 2 heterocycles. The van der Waals surface area contributed by atoms with Crippen molar-refractivity contribution in [3.63, 3.8) is 0 Å². The van der Waals surface area contributed by atoms with E-state index in [4.69, 9.17) is 4.74 Å². The average Bonchev–Trinajstić information content (AvgIpc) is 3.60. The van der Waals surface area contributed by atoms with Crippen LogP contribution >= 0.6 is 11.3 Å². The van der Waals surface area contributed by atoms with E-state index in [1.165, 1.54) is 40.8 Å². The number of aromatic amines is 1. The highest BCUT2D eigenvalue weighted by Gasteiger charge is 2.28. The fourth-order valence-corrected chi connectivity index (χ4v) is 5.42. The number of nitrogens with zero attached hydrogens (tertiary/aromatic N) is 2. The molecule has 168 valence electrons. The summed E-state index contributed by atoms with van der Waals surface area (Å²) in [6.07, 6.45) is 10.5. The van der Waals surface area contributed by atoms with E-state index in [1.54, 1.807) is 11.3 Å². The first-order valence-electron chi connectivity index (χ1n) is 11.3. The van der Waals surface area contributed by atoms with E-state index < -0.39 is 0 Å². The predicted octanol–water partition coefficient (Wildman–Crippen LogP) is 5.54. The number of thiazole rings is 1. The molecule has 0 bridgehead atoms. The molecule has 0 spiro atoms. The maximum Gasteiger partial charge on any atom is 0.330 e. The van der Waals surface area contributed by atoms with Crippen LogP contribution in [0, 0.1) is 0 Å². The first kappa shape index (κ1) is 21.6. The van der Waals surface area contributed by atoms with Gasteiger partial charge in [-0.25, -0.2) is 9.78 Å². The standard InChI is InChI=1S/C27H27N3O2S/c1-32-27(31)11-7-19-6-9-23-20(16-19)8-10-25(23)30(18-26-28-13-15-33-26)14-12-21-17-29-24-5-3-2-4-22(21)24/h2-7,9,11,13,15-17,25,29H,8,10,12,14,18H2,1H3/b11-7+. The fraction of sp³-hybridized carbons (Fsp3) is 0.259. The lowest BCUT2D eigenvalue weighted by Crippen LogP contribution is -2.29. The molecule has 0 fully saturated rings. The highest BCUT2D eigenvalue weighted by atomic mass is 32.1. The highest BCUT2D eigenvalue weighted by Crippen LogP contribution is 2.37. The molecule has 1 atom stereocenters. The largest absolute Gasteiger partial charge is 0.466 e. The molecule has 1 N–H and O–H groups in total. The summed E-state index contributed by atoms with van der Waals surface area (Å²) in [6.45, 7) is 1.82. The van der Waals surface area contributed by atoms with Gasteiger partial charge < -0.3 is 9.72 Å². The van der Waals surface area contributed by atoms with Gasteiger partial charge in [0, 0.05) is 47.3 Å². The van der Waals surface area contributed by atoms with Gasteiger partial charge in [0.1, 0.15) is 5.01 Å². The number of carbonyl (C=O) groups is 1. The van der Waals surface area contributed by atoms with Crippen LogP contribution in [-0.4, -0.2) is 34.5 Å². The van der Waals surface area contributed by atoms with Crippen LogP contribution in [0.3, 0.4) is 0 Å². The number of ether oxygens (including phenoxy) is 1. The van der Waals surface area contributed by atoms with Crippen LogP contribution in [0.25, 0.3) is 17.0 Å². The van der Waals surface area contributed by atoms with Crippen molar-refractivity contribution in [3.05, 3.63) is 93.6 Å². The Hall–Kier alpha value is -3.22. The van der Waals surface area contributed by atoms with Crippen molar-refractivity contribution in [2.75, 3.05) is 13.7 Å². The molecule has 0 radical (unpaired) electrons. The van der Waals surface area contributed by atoms with Gasteiger partial charge >= 0.3 is 5.97 Å². The van der Waals surface area contributed by atoms with Gasteiger partial charge in [-0.05, 0) is 53.7 Å². The molecule has 0 amide bonds. The molecule has 1 aliphatic rings. The number of methoxy groups -OCH3 is 1. The second-order valence-corrected chi connectivity index (χ2v) is 9.35.